The third kappa shape index (κ3) is 5.74. The number of fused-ring (bicyclic) bond motifs is 1. The van der Waals surface area contributed by atoms with E-state index < -0.39 is 12.0 Å². The van der Waals surface area contributed by atoms with E-state index in [0.29, 0.717) is 18.6 Å². The second kappa shape index (κ2) is 10.4. The normalized spacial score (nSPS) is 11.5. The molecule has 0 bridgehead atoms. The first-order valence-corrected chi connectivity index (χ1v) is 10.6. The summed E-state index contributed by atoms with van der Waals surface area (Å²) in [5.41, 5.74) is 3.13. The van der Waals surface area contributed by atoms with Gasteiger partial charge < -0.3 is 14.8 Å². The monoisotopic (exact) mass is 440 g/mol. The molecule has 6 nitrogen and oxygen atoms in total. The number of hydrogen-bond donors (Lipinski definition) is 1. The second-order valence-corrected chi connectivity index (χ2v) is 7.59. The zero-order valence-electron chi connectivity index (χ0n) is 18.2. The van der Waals surface area contributed by atoms with Crippen LogP contribution in [0.15, 0.2) is 91.1 Å². The van der Waals surface area contributed by atoms with Crippen molar-refractivity contribution in [3.63, 3.8) is 0 Å². The fourth-order valence-corrected chi connectivity index (χ4v) is 3.47. The van der Waals surface area contributed by atoms with E-state index >= 15 is 0 Å². The average Bonchev–Trinajstić information content (AvgIpc) is 2.87. The number of para-hydroxylation sites is 1. The van der Waals surface area contributed by atoms with Crippen LogP contribution in [0.3, 0.4) is 0 Å². The lowest BCUT2D eigenvalue weighted by atomic mass is 10.0. The molecule has 1 atom stereocenters. The van der Waals surface area contributed by atoms with Crippen molar-refractivity contribution in [2.45, 2.75) is 19.1 Å². The maximum Gasteiger partial charge on any atom is 0.328 e. The van der Waals surface area contributed by atoms with Gasteiger partial charge in [0.1, 0.15) is 18.4 Å². The van der Waals surface area contributed by atoms with Crippen LogP contribution >= 0.6 is 0 Å². The quantitative estimate of drug-likeness (QED) is 0.413. The summed E-state index contributed by atoms with van der Waals surface area (Å²) in [6.07, 6.45) is 1.79. The Balaban J connectivity index is 1.41. The number of carbonyl (C=O) groups is 2. The van der Waals surface area contributed by atoms with Crippen molar-refractivity contribution >= 4 is 22.8 Å². The van der Waals surface area contributed by atoms with Gasteiger partial charge >= 0.3 is 5.97 Å². The molecule has 4 rings (SSSR count). The highest BCUT2D eigenvalue weighted by Gasteiger charge is 2.23. The first-order valence-electron chi connectivity index (χ1n) is 10.6. The zero-order valence-corrected chi connectivity index (χ0v) is 18.2. The highest BCUT2D eigenvalue weighted by atomic mass is 16.5. The molecule has 1 amide bonds. The third-order valence-corrected chi connectivity index (χ3v) is 5.26. The highest BCUT2D eigenvalue weighted by Crippen LogP contribution is 2.17. The molecule has 0 aliphatic heterocycles. The van der Waals surface area contributed by atoms with Gasteiger partial charge in [0.05, 0.1) is 18.2 Å². The molecule has 166 valence electrons. The standard InChI is InChI=1S/C27H24N2O4/c1-32-27(31)25(29-26(30)22-16-21-9-5-6-10-24(21)28-17-22)15-19-11-13-23(14-12-19)33-18-20-7-3-2-4-8-20/h2-14,16-17,25H,15,18H2,1H3,(H,29,30)/t25-/m1/s1. The van der Waals surface area contributed by atoms with Crippen LogP contribution in [0.25, 0.3) is 10.9 Å². The number of benzene rings is 3. The number of carbonyl (C=O) groups excluding carboxylic acids is 2. The van der Waals surface area contributed by atoms with Crippen LogP contribution in [-0.2, 0) is 22.6 Å². The minimum atomic E-state index is -0.829. The van der Waals surface area contributed by atoms with E-state index in [9.17, 15) is 9.59 Å². The molecule has 1 N–H and O–H groups in total. The van der Waals surface area contributed by atoms with Gasteiger partial charge in [0.15, 0.2) is 0 Å². The van der Waals surface area contributed by atoms with Crippen LogP contribution in [0.4, 0.5) is 0 Å². The number of nitrogens with one attached hydrogen (secondary N) is 1. The Kier molecular flexibility index (Phi) is 6.95. The summed E-state index contributed by atoms with van der Waals surface area (Å²) in [7, 11) is 1.31. The molecule has 0 unspecified atom stereocenters. The number of ether oxygens (including phenoxy) is 2. The molecular formula is C27H24N2O4. The molecule has 0 spiro atoms. The molecule has 4 aromatic rings. The van der Waals surface area contributed by atoms with E-state index in [1.807, 2.05) is 78.9 Å². The van der Waals surface area contributed by atoms with Crippen molar-refractivity contribution in [3.8, 4) is 5.75 Å². The van der Waals surface area contributed by atoms with E-state index in [1.54, 1.807) is 6.07 Å². The minimum Gasteiger partial charge on any atom is -0.489 e. The van der Waals surface area contributed by atoms with Crippen LogP contribution in [-0.4, -0.2) is 30.0 Å². The Morgan fingerprint density at radius 2 is 1.64 bits per heavy atom. The summed E-state index contributed by atoms with van der Waals surface area (Å²) in [5, 5.41) is 3.63. The smallest absolute Gasteiger partial charge is 0.328 e. The average molecular weight is 440 g/mol. The molecule has 0 aliphatic rings. The Morgan fingerprint density at radius 1 is 0.909 bits per heavy atom. The van der Waals surface area contributed by atoms with Crippen LogP contribution in [0.1, 0.15) is 21.5 Å². The summed E-state index contributed by atoms with van der Waals surface area (Å²) in [4.78, 5) is 29.5. The van der Waals surface area contributed by atoms with E-state index in [4.69, 9.17) is 9.47 Å². The SMILES string of the molecule is COC(=O)[C@@H](Cc1ccc(OCc2ccccc2)cc1)NC(=O)c1cnc2ccccc2c1. The topological polar surface area (TPSA) is 77.5 Å². The van der Waals surface area contributed by atoms with Crippen LogP contribution < -0.4 is 10.1 Å². The number of aromatic nitrogens is 1. The second-order valence-electron chi connectivity index (χ2n) is 7.59. The Hall–Kier alpha value is -4.19. The maximum absolute atomic E-state index is 12.8. The molecular weight excluding hydrogens is 416 g/mol. The van der Waals surface area contributed by atoms with Crippen LogP contribution in [0.5, 0.6) is 5.75 Å². The number of pyridine rings is 1. The van der Waals surface area contributed by atoms with Crippen molar-refractivity contribution in [2.24, 2.45) is 0 Å². The largest absolute Gasteiger partial charge is 0.489 e. The van der Waals surface area contributed by atoms with E-state index in [1.165, 1.54) is 13.3 Å². The molecule has 0 aliphatic carbocycles. The predicted octanol–water partition coefficient (Wildman–Crippen LogP) is 4.33. The van der Waals surface area contributed by atoms with Gasteiger partial charge in [0.25, 0.3) is 5.91 Å². The number of nitrogens with zero attached hydrogens (tertiary/aromatic N) is 1. The van der Waals surface area contributed by atoms with Crippen LogP contribution in [0.2, 0.25) is 0 Å². The third-order valence-electron chi connectivity index (χ3n) is 5.26. The maximum atomic E-state index is 12.8. The molecule has 0 saturated heterocycles. The van der Waals surface area contributed by atoms with Gasteiger partial charge in [0, 0.05) is 18.0 Å². The molecule has 0 saturated carbocycles. The molecule has 3 aromatic carbocycles. The lowest BCUT2D eigenvalue weighted by molar-refractivity contribution is -0.142. The number of amides is 1. The van der Waals surface area contributed by atoms with Crippen molar-refractivity contribution in [1.29, 1.82) is 0 Å². The molecule has 6 heteroatoms. The number of methoxy groups -OCH3 is 1. The summed E-state index contributed by atoms with van der Waals surface area (Å²) >= 11 is 0. The molecule has 1 heterocycles. The summed E-state index contributed by atoms with van der Waals surface area (Å²) in [5.74, 6) is -0.170. The fraction of sp³-hybridized carbons (Fsp3) is 0.148. The first-order chi connectivity index (χ1) is 16.1. The van der Waals surface area contributed by atoms with E-state index in [2.05, 4.69) is 10.3 Å². The molecule has 0 fully saturated rings. The minimum absolute atomic E-state index is 0.290. The van der Waals surface area contributed by atoms with Crippen molar-refractivity contribution in [1.82, 2.24) is 10.3 Å². The highest BCUT2D eigenvalue weighted by molar-refractivity contribution is 5.99. The number of rotatable bonds is 8. The Bertz CT molecular complexity index is 1240. The van der Waals surface area contributed by atoms with Gasteiger partial charge in [-0.1, -0.05) is 60.7 Å². The fourth-order valence-electron chi connectivity index (χ4n) is 3.47. The predicted molar refractivity (Wildman–Crippen MR) is 126 cm³/mol. The molecule has 0 radical (unpaired) electrons. The van der Waals surface area contributed by atoms with Gasteiger partial charge in [0.2, 0.25) is 0 Å². The summed E-state index contributed by atoms with van der Waals surface area (Å²) < 4.78 is 10.7. The van der Waals surface area contributed by atoms with Crippen LogP contribution in [0, 0.1) is 0 Å². The van der Waals surface area contributed by atoms with Crippen molar-refractivity contribution < 1.29 is 19.1 Å². The van der Waals surface area contributed by atoms with Gasteiger partial charge in [-0.25, -0.2) is 4.79 Å². The molecule has 33 heavy (non-hydrogen) atoms. The van der Waals surface area contributed by atoms with Gasteiger partial charge in [-0.15, -0.1) is 0 Å². The Morgan fingerprint density at radius 3 is 2.39 bits per heavy atom. The lowest BCUT2D eigenvalue weighted by Crippen LogP contribution is -2.43. The molecule has 1 aromatic heterocycles. The summed E-state index contributed by atoms with van der Waals surface area (Å²) in [6, 6.07) is 25.8. The lowest BCUT2D eigenvalue weighted by Gasteiger charge is -2.17. The first kappa shape index (κ1) is 22.0. The van der Waals surface area contributed by atoms with Crippen molar-refractivity contribution in [2.75, 3.05) is 7.11 Å². The van der Waals surface area contributed by atoms with Gasteiger partial charge in [-0.2, -0.15) is 0 Å². The van der Waals surface area contributed by atoms with Gasteiger partial charge in [-0.05, 0) is 35.4 Å². The zero-order chi connectivity index (χ0) is 23.0. The van der Waals surface area contributed by atoms with E-state index in [-0.39, 0.29) is 5.91 Å². The van der Waals surface area contributed by atoms with Crippen molar-refractivity contribution in [3.05, 3.63) is 108 Å². The number of hydrogen-bond acceptors (Lipinski definition) is 5. The van der Waals surface area contributed by atoms with Gasteiger partial charge in [-0.3, -0.25) is 9.78 Å². The number of esters is 1. The Labute approximate surface area is 192 Å². The summed E-state index contributed by atoms with van der Waals surface area (Å²) in [6.45, 7) is 0.473. The van der Waals surface area contributed by atoms with E-state index in [0.717, 1.165) is 27.8 Å².